The minimum absolute atomic E-state index is 0.131. The van der Waals surface area contributed by atoms with Gasteiger partial charge in [0.15, 0.2) is 0 Å². The molecule has 0 N–H and O–H groups in total. The first-order chi connectivity index (χ1) is 14.1. The van der Waals surface area contributed by atoms with Crippen molar-refractivity contribution in [2.24, 2.45) is 10.8 Å². The Balaban J connectivity index is 1.98. The molecule has 0 radical (unpaired) electrons. The number of hydrogen-bond donors (Lipinski definition) is 0. The number of ketones is 1. The quantitative estimate of drug-likeness (QED) is 0.594. The molecule has 29 heavy (non-hydrogen) atoms. The first kappa shape index (κ1) is 19.9. The highest BCUT2D eigenvalue weighted by Crippen LogP contribution is 2.65. The minimum atomic E-state index is -0.610. The van der Waals surface area contributed by atoms with E-state index in [-0.39, 0.29) is 11.9 Å². The van der Waals surface area contributed by atoms with E-state index in [9.17, 15) is 9.59 Å². The fourth-order valence-electron chi connectivity index (χ4n) is 6.34. The predicted molar refractivity (Wildman–Crippen MR) is 115 cm³/mol. The lowest BCUT2D eigenvalue weighted by molar-refractivity contribution is -0.168. The van der Waals surface area contributed by atoms with Crippen LogP contribution in [0.15, 0.2) is 54.6 Å². The molecule has 0 spiro atoms. The van der Waals surface area contributed by atoms with Crippen LogP contribution in [0.25, 0.3) is 11.1 Å². The summed E-state index contributed by atoms with van der Waals surface area (Å²) in [4.78, 5) is 26.7. The second-order valence-corrected chi connectivity index (χ2v) is 8.67. The van der Waals surface area contributed by atoms with Crippen LogP contribution in [0.4, 0.5) is 0 Å². The number of esters is 1. The number of Topliss-reactive ketones (excluding diaryl/α,β-unsaturated/α-hetero) is 1. The van der Waals surface area contributed by atoms with Gasteiger partial charge in [-0.15, -0.1) is 0 Å². The summed E-state index contributed by atoms with van der Waals surface area (Å²) in [6, 6.07) is 18.7. The molecule has 1 unspecified atom stereocenters. The van der Waals surface area contributed by atoms with Crippen LogP contribution in [-0.4, -0.2) is 18.9 Å². The topological polar surface area (TPSA) is 43.4 Å². The Kier molecular flexibility index (Phi) is 5.33. The van der Waals surface area contributed by atoms with Crippen LogP contribution in [0, 0.1) is 10.8 Å². The van der Waals surface area contributed by atoms with Crippen molar-refractivity contribution >= 4 is 11.8 Å². The zero-order valence-corrected chi connectivity index (χ0v) is 17.4. The molecule has 0 aliphatic heterocycles. The van der Waals surface area contributed by atoms with Gasteiger partial charge in [-0.05, 0) is 42.4 Å². The van der Waals surface area contributed by atoms with Gasteiger partial charge < -0.3 is 4.74 Å². The van der Waals surface area contributed by atoms with E-state index < -0.39 is 10.8 Å². The normalized spacial score (nSPS) is 28.6. The van der Waals surface area contributed by atoms with Crippen LogP contribution in [0.5, 0.6) is 0 Å². The third-order valence-corrected chi connectivity index (χ3v) is 7.42. The zero-order chi connectivity index (χ0) is 20.5. The summed E-state index contributed by atoms with van der Waals surface area (Å²) in [7, 11) is 1.49. The van der Waals surface area contributed by atoms with E-state index in [1.807, 2.05) is 37.3 Å². The van der Waals surface area contributed by atoms with Gasteiger partial charge in [-0.1, -0.05) is 74.4 Å². The summed E-state index contributed by atoms with van der Waals surface area (Å²) in [5.74, 6) is 0.0323. The fourth-order valence-corrected chi connectivity index (χ4v) is 6.34. The van der Waals surface area contributed by atoms with Crippen molar-refractivity contribution in [2.45, 2.75) is 57.8 Å². The Morgan fingerprint density at radius 2 is 1.48 bits per heavy atom. The molecular weight excluding hydrogens is 360 g/mol. The van der Waals surface area contributed by atoms with Gasteiger partial charge in [-0.25, -0.2) is 0 Å². The Hall–Kier alpha value is -2.42. The largest absolute Gasteiger partial charge is 0.469 e. The summed E-state index contributed by atoms with van der Waals surface area (Å²) < 4.78 is 5.37. The lowest BCUT2D eigenvalue weighted by Gasteiger charge is -2.57. The molecule has 152 valence electrons. The highest BCUT2D eigenvalue weighted by molar-refractivity contribution is 5.90. The van der Waals surface area contributed by atoms with Crippen molar-refractivity contribution in [3.63, 3.8) is 0 Å². The van der Waals surface area contributed by atoms with E-state index in [2.05, 4.69) is 24.3 Å². The van der Waals surface area contributed by atoms with Crippen molar-refractivity contribution in [3.05, 3.63) is 60.2 Å². The van der Waals surface area contributed by atoms with E-state index in [1.165, 1.54) is 7.11 Å². The molecule has 2 fully saturated rings. The second-order valence-electron chi connectivity index (χ2n) is 8.67. The molecule has 0 aromatic heterocycles. The third kappa shape index (κ3) is 3.02. The van der Waals surface area contributed by atoms with Crippen molar-refractivity contribution < 1.29 is 14.3 Å². The molecule has 0 heterocycles. The lowest BCUT2D eigenvalue weighted by Crippen LogP contribution is -2.55. The van der Waals surface area contributed by atoms with Gasteiger partial charge in [-0.3, -0.25) is 9.59 Å². The van der Waals surface area contributed by atoms with Crippen LogP contribution < -0.4 is 0 Å². The molecule has 1 atom stereocenters. The van der Waals surface area contributed by atoms with Gasteiger partial charge in [0.05, 0.1) is 12.5 Å². The first-order valence-corrected chi connectivity index (χ1v) is 10.8. The van der Waals surface area contributed by atoms with Crippen molar-refractivity contribution in [1.29, 1.82) is 0 Å². The Morgan fingerprint density at radius 1 is 0.897 bits per heavy atom. The molecule has 3 nitrogen and oxygen atoms in total. The van der Waals surface area contributed by atoms with Crippen molar-refractivity contribution in [1.82, 2.24) is 0 Å². The molecule has 0 amide bonds. The number of rotatable bonds is 5. The number of carbonyl (C=O) groups excluding carboxylic acids is 2. The van der Waals surface area contributed by atoms with Gasteiger partial charge in [0.1, 0.15) is 5.78 Å². The number of fused-ring (bicyclic) bond motifs is 2. The highest BCUT2D eigenvalue weighted by Gasteiger charge is 2.63. The Labute approximate surface area is 173 Å². The van der Waals surface area contributed by atoms with Crippen LogP contribution in [0.2, 0.25) is 0 Å². The number of hydrogen-bond acceptors (Lipinski definition) is 3. The molecule has 3 heteroatoms. The molecule has 2 aromatic carbocycles. The maximum Gasteiger partial charge on any atom is 0.312 e. The number of benzene rings is 2. The average Bonchev–Trinajstić information content (AvgIpc) is 2.77. The maximum atomic E-state index is 13.4. The van der Waals surface area contributed by atoms with Gasteiger partial charge in [0, 0.05) is 17.8 Å². The molecule has 2 aromatic rings. The van der Waals surface area contributed by atoms with Crippen LogP contribution in [0.1, 0.15) is 63.4 Å². The standard InChI is InChI=1S/C26H30O3/c1-3-22(27)25-15-9-17-26(18-10-16-25,24(28)29-2)23(25)21-14-8-7-13-20(21)19-11-5-4-6-12-19/h4-8,11-14,23H,3,9-10,15-18H2,1-2H3. The van der Waals surface area contributed by atoms with E-state index >= 15 is 0 Å². The average molecular weight is 391 g/mol. The monoisotopic (exact) mass is 390 g/mol. The smallest absolute Gasteiger partial charge is 0.312 e. The number of ether oxygens (including phenoxy) is 1. The molecule has 2 saturated carbocycles. The van der Waals surface area contributed by atoms with Gasteiger partial charge in [0.2, 0.25) is 0 Å². The lowest BCUT2D eigenvalue weighted by atomic mass is 9.45. The van der Waals surface area contributed by atoms with Crippen molar-refractivity contribution in [3.8, 4) is 11.1 Å². The first-order valence-electron chi connectivity index (χ1n) is 10.8. The maximum absolute atomic E-state index is 13.4. The van der Waals surface area contributed by atoms with Gasteiger partial charge in [-0.2, -0.15) is 0 Å². The van der Waals surface area contributed by atoms with E-state index in [4.69, 9.17) is 4.74 Å². The van der Waals surface area contributed by atoms with E-state index in [0.717, 1.165) is 55.2 Å². The summed E-state index contributed by atoms with van der Waals surface area (Å²) in [5.41, 5.74) is 2.31. The Morgan fingerprint density at radius 3 is 2.10 bits per heavy atom. The zero-order valence-electron chi connectivity index (χ0n) is 17.4. The Bertz CT molecular complexity index is 857. The SMILES string of the molecule is CCC(=O)C12CCCC(C(=O)OC)(CCC1)C2c1ccccc1-c1ccccc1. The molecule has 4 rings (SSSR count). The summed E-state index contributed by atoms with van der Waals surface area (Å²) in [6.45, 7) is 1.96. The molecule has 0 saturated heterocycles. The highest BCUT2D eigenvalue weighted by atomic mass is 16.5. The molecule has 2 aliphatic carbocycles. The van der Waals surface area contributed by atoms with Crippen molar-refractivity contribution in [2.75, 3.05) is 7.11 Å². The second kappa shape index (κ2) is 7.78. The van der Waals surface area contributed by atoms with E-state index in [0.29, 0.717) is 12.2 Å². The summed E-state index contributed by atoms with van der Waals surface area (Å²) in [6.07, 6.45) is 5.66. The van der Waals surface area contributed by atoms with Crippen LogP contribution in [0.3, 0.4) is 0 Å². The van der Waals surface area contributed by atoms with Gasteiger partial charge in [0.25, 0.3) is 0 Å². The molecular formula is C26H30O3. The number of methoxy groups -OCH3 is 1. The predicted octanol–water partition coefficient (Wildman–Crippen LogP) is 5.93. The number of carbonyl (C=O) groups is 2. The van der Waals surface area contributed by atoms with Gasteiger partial charge >= 0.3 is 5.97 Å². The molecule has 2 aliphatic rings. The fraction of sp³-hybridized carbons (Fsp3) is 0.462. The van der Waals surface area contributed by atoms with E-state index in [1.54, 1.807) is 0 Å². The van der Waals surface area contributed by atoms with Crippen LogP contribution in [-0.2, 0) is 14.3 Å². The third-order valence-electron chi connectivity index (χ3n) is 7.42. The molecule has 2 bridgehead atoms. The van der Waals surface area contributed by atoms with Crippen LogP contribution >= 0.6 is 0 Å². The summed E-state index contributed by atoms with van der Waals surface area (Å²) >= 11 is 0. The summed E-state index contributed by atoms with van der Waals surface area (Å²) in [5, 5.41) is 0. The minimum Gasteiger partial charge on any atom is -0.469 e.